The molecule has 0 fully saturated rings. The van der Waals surface area contributed by atoms with Gasteiger partial charge in [0, 0.05) is 22.6 Å². The number of benzene rings is 3. The van der Waals surface area contributed by atoms with Gasteiger partial charge in [0.25, 0.3) is 0 Å². The Morgan fingerprint density at radius 1 is 0.800 bits per heavy atom. The van der Waals surface area contributed by atoms with Crippen LogP contribution in [0.15, 0.2) is 60.7 Å². The lowest BCUT2D eigenvalue weighted by Gasteiger charge is -2.16. The molecule has 3 nitrogen and oxygen atoms in total. The van der Waals surface area contributed by atoms with Gasteiger partial charge in [0.1, 0.15) is 17.8 Å². The summed E-state index contributed by atoms with van der Waals surface area (Å²) in [6, 6.07) is 18.2. The van der Waals surface area contributed by atoms with E-state index in [0.29, 0.717) is 16.7 Å². The molecule has 25 heavy (non-hydrogen) atoms. The average molecular weight is 332 g/mol. The molecule has 0 aromatic heterocycles. The molecule has 0 aliphatic heterocycles. The number of aromatic hydroxyl groups is 2. The van der Waals surface area contributed by atoms with E-state index in [4.69, 9.17) is 0 Å². The maximum absolute atomic E-state index is 10.8. The fourth-order valence-electron chi connectivity index (χ4n) is 2.96. The maximum atomic E-state index is 10.8. The number of phenolic OH excluding ortho intramolecular Hbond substituents is 2. The lowest BCUT2D eigenvalue weighted by molar-refractivity contribution is 0.112. The van der Waals surface area contributed by atoms with Crippen LogP contribution in [-0.4, -0.2) is 16.5 Å². The molecule has 0 aliphatic rings. The smallest absolute Gasteiger partial charge is 0.150 e. The minimum absolute atomic E-state index is 0.0898. The van der Waals surface area contributed by atoms with Crippen molar-refractivity contribution in [2.75, 3.05) is 0 Å². The second-order valence-corrected chi connectivity index (χ2v) is 6.30. The van der Waals surface area contributed by atoms with Gasteiger partial charge >= 0.3 is 0 Å². The van der Waals surface area contributed by atoms with Crippen LogP contribution in [0.1, 0.15) is 39.9 Å². The Morgan fingerprint density at radius 2 is 1.36 bits per heavy atom. The van der Waals surface area contributed by atoms with Gasteiger partial charge in [0.2, 0.25) is 0 Å². The molecule has 0 spiro atoms. The van der Waals surface area contributed by atoms with E-state index in [-0.39, 0.29) is 17.4 Å². The molecule has 3 heteroatoms. The number of phenols is 2. The topological polar surface area (TPSA) is 57.5 Å². The predicted molar refractivity (Wildman–Crippen MR) is 99.3 cm³/mol. The van der Waals surface area contributed by atoms with E-state index >= 15 is 0 Å². The SMILES string of the molecule is Cc1ccc(O)c(-c2cc(C(C)c3ccc(C=O)cc3)ccc2O)c1. The molecule has 0 aliphatic carbocycles. The van der Waals surface area contributed by atoms with Crippen LogP contribution in [0, 0.1) is 6.92 Å². The largest absolute Gasteiger partial charge is 0.507 e. The third kappa shape index (κ3) is 3.41. The van der Waals surface area contributed by atoms with Gasteiger partial charge in [0.15, 0.2) is 0 Å². The zero-order valence-electron chi connectivity index (χ0n) is 14.2. The van der Waals surface area contributed by atoms with Gasteiger partial charge in [-0.05, 0) is 42.3 Å². The summed E-state index contributed by atoms with van der Waals surface area (Å²) in [6.07, 6.45) is 0.827. The Bertz CT molecular complexity index is 911. The molecule has 1 unspecified atom stereocenters. The van der Waals surface area contributed by atoms with Crippen LogP contribution in [0.3, 0.4) is 0 Å². The Morgan fingerprint density at radius 3 is 2.00 bits per heavy atom. The number of aldehydes is 1. The lowest BCUT2D eigenvalue weighted by Crippen LogP contribution is -1.97. The van der Waals surface area contributed by atoms with Crippen LogP contribution in [0.25, 0.3) is 11.1 Å². The van der Waals surface area contributed by atoms with Gasteiger partial charge in [0.05, 0.1) is 0 Å². The van der Waals surface area contributed by atoms with Crippen LogP contribution < -0.4 is 0 Å². The molecule has 2 N–H and O–H groups in total. The highest BCUT2D eigenvalue weighted by Gasteiger charge is 2.14. The standard InChI is InChI=1S/C22H20O3/c1-14-3-9-21(24)19(11-14)20-12-18(8-10-22(20)25)15(2)17-6-4-16(13-23)5-7-17/h3-13,15,24-25H,1-2H3. The molecule has 0 saturated heterocycles. The first kappa shape index (κ1) is 16.8. The van der Waals surface area contributed by atoms with E-state index in [1.54, 1.807) is 24.3 Å². The second-order valence-electron chi connectivity index (χ2n) is 6.30. The molecule has 3 aromatic rings. The summed E-state index contributed by atoms with van der Waals surface area (Å²) in [5.74, 6) is 0.362. The molecule has 0 radical (unpaired) electrons. The van der Waals surface area contributed by atoms with Crippen molar-refractivity contribution in [1.29, 1.82) is 0 Å². The van der Waals surface area contributed by atoms with Gasteiger partial charge in [-0.15, -0.1) is 0 Å². The minimum Gasteiger partial charge on any atom is -0.507 e. The van der Waals surface area contributed by atoms with Gasteiger partial charge in [-0.25, -0.2) is 0 Å². The third-order valence-electron chi connectivity index (χ3n) is 4.54. The van der Waals surface area contributed by atoms with Crippen molar-refractivity contribution in [2.24, 2.45) is 0 Å². The third-order valence-corrected chi connectivity index (χ3v) is 4.54. The Balaban J connectivity index is 2.03. The summed E-state index contributed by atoms with van der Waals surface area (Å²) in [5, 5.41) is 20.4. The van der Waals surface area contributed by atoms with E-state index in [2.05, 4.69) is 6.92 Å². The summed E-state index contributed by atoms with van der Waals surface area (Å²) in [7, 11) is 0. The number of hydrogen-bond donors (Lipinski definition) is 2. The first-order valence-electron chi connectivity index (χ1n) is 8.17. The molecule has 126 valence electrons. The van der Waals surface area contributed by atoms with Gasteiger partial charge in [-0.1, -0.05) is 48.9 Å². The van der Waals surface area contributed by atoms with Crippen molar-refractivity contribution < 1.29 is 15.0 Å². The molecule has 0 heterocycles. The van der Waals surface area contributed by atoms with E-state index in [1.165, 1.54) is 0 Å². The van der Waals surface area contributed by atoms with E-state index < -0.39 is 0 Å². The zero-order chi connectivity index (χ0) is 18.0. The fourth-order valence-corrected chi connectivity index (χ4v) is 2.96. The van der Waals surface area contributed by atoms with Crippen LogP contribution in [0.4, 0.5) is 0 Å². The van der Waals surface area contributed by atoms with Crippen molar-refractivity contribution in [3.63, 3.8) is 0 Å². The van der Waals surface area contributed by atoms with E-state index in [0.717, 1.165) is 23.0 Å². The molecule has 3 aromatic carbocycles. The van der Waals surface area contributed by atoms with Crippen molar-refractivity contribution in [1.82, 2.24) is 0 Å². The number of aryl methyl sites for hydroxylation is 1. The monoisotopic (exact) mass is 332 g/mol. The number of hydrogen-bond acceptors (Lipinski definition) is 3. The summed E-state index contributed by atoms with van der Waals surface area (Å²) in [5.41, 5.74) is 4.98. The molecular formula is C22H20O3. The Labute approximate surface area is 147 Å². The summed E-state index contributed by atoms with van der Waals surface area (Å²) in [4.78, 5) is 10.8. The first-order valence-corrected chi connectivity index (χ1v) is 8.17. The molecular weight excluding hydrogens is 312 g/mol. The van der Waals surface area contributed by atoms with Crippen molar-refractivity contribution in [3.05, 3.63) is 82.9 Å². The van der Waals surface area contributed by atoms with E-state index in [9.17, 15) is 15.0 Å². The van der Waals surface area contributed by atoms with Crippen molar-refractivity contribution in [2.45, 2.75) is 19.8 Å². The molecule has 1 atom stereocenters. The predicted octanol–water partition coefficient (Wildman–Crippen LogP) is 5.04. The van der Waals surface area contributed by atoms with Gasteiger partial charge in [-0.2, -0.15) is 0 Å². The lowest BCUT2D eigenvalue weighted by atomic mass is 9.89. The molecule has 0 amide bonds. The summed E-state index contributed by atoms with van der Waals surface area (Å²) >= 11 is 0. The quantitative estimate of drug-likeness (QED) is 0.658. The minimum atomic E-state index is 0.0898. The van der Waals surface area contributed by atoms with E-state index in [1.807, 2.05) is 43.3 Å². The Kier molecular flexibility index (Phi) is 4.57. The zero-order valence-corrected chi connectivity index (χ0v) is 14.2. The van der Waals surface area contributed by atoms with Crippen LogP contribution in [0.2, 0.25) is 0 Å². The Hall–Kier alpha value is -3.07. The number of carbonyl (C=O) groups is 1. The maximum Gasteiger partial charge on any atom is 0.150 e. The highest BCUT2D eigenvalue weighted by Crippen LogP contribution is 2.38. The molecule has 3 rings (SSSR count). The van der Waals surface area contributed by atoms with Gasteiger partial charge < -0.3 is 10.2 Å². The molecule has 0 saturated carbocycles. The van der Waals surface area contributed by atoms with Crippen LogP contribution in [-0.2, 0) is 0 Å². The fraction of sp³-hybridized carbons (Fsp3) is 0.136. The van der Waals surface area contributed by atoms with Crippen molar-refractivity contribution >= 4 is 6.29 Å². The first-order chi connectivity index (χ1) is 12.0. The van der Waals surface area contributed by atoms with Crippen molar-refractivity contribution in [3.8, 4) is 22.6 Å². The normalized spacial score (nSPS) is 11.9. The highest BCUT2D eigenvalue weighted by atomic mass is 16.3. The van der Waals surface area contributed by atoms with Crippen LogP contribution >= 0.6 is 0 Å². The molecule has 0 bridgehead atoms. The van der Waals surface area contributed by atoms with Gasteiger partial charge in [-0.3, -0.25) is 4.79 Å². The number of rotatable bonds is 4. The highest BCUT2D eigenvalue weighted by molar-refractivity contribution is 5.77. The van der Waals surface area contributed by atoms with Crippen LogP contribution in [0.5, 0.6) is 11.5 Å². The second kappa shape index (κ2) is 6.81. The summed E-state index contributed by atoms with van der Waals surface area (Å²) < 4.78 is 0. The summed E-state index contributed by atoms with van der Waals surface area (Å²) in [6.45, 7) is 4.02. The number of carbonyl (C=O) groups excluding carboxylic acids is 1. The average Bonchev–Trinajstić information content (AvgIpc) is 2.64.